The van der Waals surface area contributed by atoms with Crippen LogP contribution in [0.1, 0.15) is 36.4 Å². The number of rotatable bonds is 3. The molecule has 0 aliphatic carbocycles. The fraction of sp³-hybridized carbons (Fsp3) is 0.333. The van der Waals surface area contributed by atoms with Gasteiger partial charge in [-0.3, -0.25) is 9.78 Å². The summed E-state index contributed by atoms with van der Waals surface area (Å²) in [7, 11) is 0. The van der Waals surface area contributed by atoms with E-state index in [0.717, 1.165) is 18.5 Å². The van der Waals surface area contributed by atoms with Crippen LogP contribution >= 0.6 is 12.2 Å². The maximum Gasteiger partial charge on any atom is 0.276 e. The number of aromatic amines is 2. The third-order valence-corrected chi connectivity index (χ3v) is 5.10. The Balaban J connectivity index is 1.78. The van der Waals surface area contributed by atoms with Crippen molar-refractivity contribution in [2.24, 2.45) is 0 Å². The van der Waals surface area contributed by atoms with Crippen LogP contribution in [0.4, 0.5) is 0 Å². The standard InChI is InChI=1S/C18H20N4OS/c23-17-16-15(8-10-20-16)22(18(24)21-17)11-12-5-1-2-6-13(12)14-7-3-4-9-19-14/h1-2,5-6,8,10,14,19-20H,3-4,7,9,11H2,(H,21,23,24)/t14-/m1/s1. The number of fused-ring (bicyclic) bond motifs is 1. The topological polar surface area (TPSA) is 65.6 Å². The Morgan fingerprint density at radius 2 is 2.08 bits per heavy atom. The van der Waals surface area contributed by atoms with Crippen LogP contribution < -0.4 is 10.9 Å². The van der Waals surface area contributed by atoms with Crippen molar-refractivity contribution in [2.45, 2.75) is 31.8 Å². The number of benzene rings is 1. The lowest BCUT2D eigenvalue weighted by molar-refractivity contribution is 0.410. The van der Waals surface area contributed by atoms with Crippen molar-refractivity contribution in [3.8, 4) is 0 Å². The number of hydrogen-bond donors (Lipinski definition) is 3. The number of aromatic nitrogens is 3. The average molecular weight is 340 g/mol. The van der Waals surface area contributed by atoms with E-state index in [1.807, 2.05) is 10.6 Å². The fourth-order valence-corrected chi connectivity index (χ4v) is 3.82. The third-order valence-electron chi connectivity index (χ3n) is 4.78. The van der Waals surface area contributed by atoms with E-state index in [0.29, 0.717) is 22.9 Å². The summed E-state index contributed by atoms with van der Waals surface area (Å²) < 4.78 is 2.45. The molecule has 0 unspecified atom stereocenters. The maximum atomic E-state index is 12.0. The zero-order valence-electron chi connectivity index (χ0n) is 13.3. The molecule has 3 heterocycles. The van der Waals surface area contributed by atoms with Crippen LogP contribution in [0.5, 0.6) is 0 Å². The second-order valence-corrected chi connectivity index (χ2v) is 6.67. The van der Waals surface area contributed by atoms with E-state index in [1.54, 1.807) is 6.20 Å². The van der Waals surface area contributed by atoms with Gasteiger partial charge in [0.05, 0.1) is 12.1 Å². The van der Waals surface area contributed by atoms with Crippen LogP contribution in [0, 0.1) is 4.77 Å². The molecule has 1 aliphatic rings. The van der Waals surface area contributed by atoms with Gasteiger partial charge in [-0.05, 0) is 48.8 Å². The second-order valence-electron chi connectivity index (χ2n) is 6.28. The van der Waals surface area contributed by atoms with Gasteiger partial charge in [0.1, 0.15) is 5.52 Å². The maximum absolute atomic E-state index is 12.0. The highest BCUT2D eigenvalue weighted by Crippen LogP contribution is 2.26. The van der Waals surface area contributed by atoms with Crippen LogP contribution in [0.25, 0.3) is 11.0 Å². The Labute approximate surface area is 144 Å². The molecule has 1 saturated heterocycles. The van der Waals surface area contributed by atoms with Crippen molar-refractivity contribution in [3.05, 3.63) is 62.8 Å². The van der Waals surface area contributed by atoms with E-state index >= 15 is 0 Å². The zero-order valence-corrected chi connectivity index (χ0v) is 14.2. The van der Waals surface area contributed by atoms with E-state index in [2.05, 4.69) is 39.6 Å². The molecule has 3 N–H and O–H groups in total. The lowest BCUT2D eigenvalue weighted by Gasteiger charge is -2.26. The average Bonchev–Trinajstić information content (AvgIpc) is 3.10. The van der Waals surface area contributed by atoms with E-state index < -0.39 is 0 Å². The Bertz CT molecular complexity index is 978. The van der Waals surface area contributed by atoms with Crippen LogP contribution in [0.3, 0.4) is 0 Å². The van der Waals surface area contributed by atoms with E-state index in [9.17, 15) is 4.79 Å². The van der Waals surface area contributed by atoms with Crippen LogP contribution in [-0.2, 0) is 6.54 Å². The molecule has 24 heavy (non-hydrogen) atoms. The molecule has 4 rings (SSSR count). The molecular weight excluding hydrogens is 320 g/mol. The molecule has 2 aromatic heterocycles. The molecule has 0 amide bonds. The van der Waals surface area contributed by atoms with Crippen LogP contribution in [0.2, 0.25) is 0 Å². The molecule has 0 spiro atoms. The number of nitrogens with zero attached hydrogens (tertiary/aromatic N) is 1. The summed E-state index contributed by atoms with van der Waals surface area (Å²) in [4.78, 5) is 17.8. The molecule has 1 aliphatic heterocycles. The van der Waals surface area contributed by atoms with Gasteiger partial charge in [0.25, 0.3) is 5.56 Å². The molecular formula is C18H20N4OS. The van der Waals surface area contributed by atoms with Gasteiger partial charge in [-0.25, -0.2) is 0 Å². The lowest BCUT2D eigenvalue weighted by Crippen LogP contribution is -2.28. The zero-order chi connectivity index (χ0) is 16.5. The molecule has 1 aromatic carbocycles. The fourth-order valence-electron chi connectivity index (χ4n) is 3.57. The Kier molecular flexibility index (Phi) is 4.08. The summed E-state index contributed by atoms with van der Waals surface area (Å²) >= 11 is 5.41. The first-order valence-electron chi connectivity index (χ1n) is 8.35. The van der Waals surface area contributed by atoms with E-state index in [4.69, 9.17) is 12.2 Å². The van der Waals surface area contributed by atoms with Crippen molar-refractivity contribution in [1.82, 2.24) is 19.9 Å². The van der Waals surface area contributed by atoms with Crippen molar-refractivity contribution in [1.29, 1.82) is 0 Å². The normalized spacial score (nSPS) is 18.1. The van der Waals surface area contributed by atoms with Crippen LogP contribution in [0.15, 0.2) is 41.3 Å². The molecule has 0 radical (unpaired) electrons. The molecule has 0 saturated carbocycles. The van der Waals surface area contributed by atoms with Gasteiger partial charge < -0.3 is 14.9 Å². The van der Waals surface area contributed by atoms with Crippen molar-refractivity contribution < 1.29 is 0 Å². The quantitative estimate of drug-likeness (QED) is 0.641. The van der Waals surface area contributed by atoms with Gasteiger partial charge in [0.15, 0.2) is 4.77 Å². The largest absolute Gasteiger partial charge is 0.355 e. The number of piperidine rings is 1. The molecule has 5 nitrogen and oxygen atoms in total. The molecule has 0 bridgehead atoms. The Morgan fingerprint density at radius 3 is 2.92 bits per heavy atom. The highest BCUT2D eigenvalue weighted by atomic mass is 32.1. The van der Waals surface area contributed by atoms with Gasteiger partial charge in [-0.2, -0.15) is 0 Å². The minimum Gasteiger partial charge on any atom is -0.355 e. The monoisotopic (exact) mass is 340 g/mol. The van der Waals surface area contributed by atoms with E-state index in [1.165, 1.54) is 24.0 Å². The van der Waals surface area contributed by atoms with Gasteiger partial charge in [0, 0.05) is 12.2 Å². The molecule has 3 aromatic rings. The first kappa shape index (κ1) is 15.4. The predicted octanol–water partition coefficient (Wildman–Crippen LogP) is 3.25. The lowest BCUT2D eigenvalue weighted by atomic mass is 9.93. The van der Waals surface area contributed by atoms with Gasteiger partial charge in [-0.15, -0.1) is 0 Å². The number of H-pyrrole nitrogens is 2. The number of nitrogens with one attached hydrogen (secondary N) is 3. The summed E-state index contributed by atoms with van der Waals surface area (Å²) in [5, 5.41) is 3.62. The molecule has 1 fully saturated rings. The molecule has 124 valence electrons. The number of hydrogen-bond acceptors (Lipinski definition) is 3. The van der Waals surface area contributed by atoms with Gasteiger partial charge in [-0.1, -0.05) is 30.7 Å². The molecule has 6 heteroatoms. The van der Waals surface area contributed by atoms with Crippen LogP contribution in [-0.4, -0.2) is 21.1 Å². The highest BCUT2D eigenvalue weighted by Gasteiger charge is 2.18. The van der Waals surface area contributed by atoms with Gasteiger partial charge >= 0.3 is 0 Å². The minimum atomic E-state index is -0.168. The van der Waals surface area contributed by atoms with Crippen molar-refractivity contribution in [2.75, 3.05) is 6.54 Å². The van der Waals surface area contributed by atoms with E-state index in [-0.39, 0.29) is 5.56 Å². The summed E-state index contributed by atoms with van der Waals surface area (Å²) in [6.07, 6.45) is 5.44. The summed E-state index contributed by atoms with van der Waals surface area (Å²) in [5.74, 6) is 0. The van der Waals surface area contributed by atoms with Crippen molar-refractivity contribution in [3.63, 3.8) is 0 Å². The van der Waals surface area contributed by atoms with Crippen molar-refractivity contribution >= 4 is 23.3 Å². The first-order valence-corrected chi connectivity index (χ1v) is 8.76. The predicted molar refractivity (Wildman–Crippen MR) is 97.9 cm³/mol. The molecule has 1 atom stereocenters. The van der Waals surface area contributed by atoms with Gasteiger partial charge in [0.2, 0.25) is 0 Å². The summed E-state index contributed by atoms with van der Waals surface area (Å²) in [6.45, 7) is 1.72. The smallest absolute Gasteiger partial charge is 0.276 e. The highest BCUT2D eigenvalue weighted by molar-refractivity contribution is 7.71. The third kappa shape index (κ3) is 2.72. The minimum absolute atomic E-state index is 0.168. The first-order chi connectivity index (χ1) is 11.7. The SMILES string of the molecule is O=c1[nH]c(=S)n(Cc2ccccc2[C@H]2CCCCN2)c2cc[nH]c12. The summed E-state index contributed by atoms with van der Waals surface area (Å²) in [6, 6.07) is 10.8. The Hall–Kier alpha value is -2.18. The Morgan fingerprint density at radius 1 is 1.21 bits per heavy atom. The summed E-state index contributed by atoms with van der Waals surface area (Å²) in [5.41, 5.74) is 3.81. The second kappa shape index (κ2) is 6.37.